The zero-order valence-corrected chi connectivity index (χ0v) is 16.3. The first-order chi connectivity index (χ1) is 14.1. The van der Waals surface area contributed by atoms with Crippen LogP contribution in [-0.4, -0.2) is 15.7 Å². The predicted octanol–water partition coefficient (Wildman–Crippen LogP) is 5.09. The lowest BCUT2D eigenvalue weighted by atomic mass is 10.1. The summed E-state index contributed by atoms with van der Waals surface area (Å²) in [6.45, 7) is 0.610. The quantitative estimate of drug-likeness (QED) is 0.488. The minimum Gasteiger partial charge on any atom is -0.384 e. The van der Waals surface area contributed by atoms with Crippen LogP contribution < -0.4 is 11.1 Å². The third-order valence-corrected chi connectivity index (χ3v) is 4.87. The van der Waals surface area contributed by atoms with Gasteiger partial charge in [0.1, 0.15) is 5.82 Å². The monoisotopic (exact) mass is 402 g/mol. The van der Waals surface area contributed by atoms with Gasteiger partial charge in [0.15, 0.2) is 0 Å². The van der Waals surface area contributed by atoms with Crippen molar-refractivity contribution >= 4 is 29.0 Å². The van der Waals surface area contributed by atoms with Crippen LogP contribution in [0.15, 0.2) is 84.9 Å². The minimum absolute atomic E-state index is 0.250. The average molecular weight is 403 g/mol. The molecule has 4 aromatic rings. The number of hydrogen-bond acceptors (Lipinski definition) is 3. The Morgan fingerprint density at radius 2 is 1.66 bits per heavy atom. The fourth-order valence-corrected chi connectivity index (χ4v) is 3.24. The van der Waals surface area contributed by atoms with Gasteiger partial charge in [-0.2, -0.15) is 5.10 Å². The highest BCUT2D eigenvalue weighted by atomic mass is 35.5. The number of nitrogen functional groups attached to an aromatic ring is 1. The van der Waals surface area contributed by atoms with E-state index in [4.69, 9.17) is 17.3 Å². The van der Waals surface area contributed by atoms with Crippen LogP contribution in [0.2, 0.25) is 5.02 Å². The summed E-state index contributed by atoms with van der Waals surface area (Å²) in [4.78, 5) is 12.4. The normalized spacial score (nSPS) is 10.7. The SMILES string of the molecule is Nc1cc(-c2ccc(NC(=O)c3ccccc3Cl)cc2)nn1Cc1ccccc1. The molecule has 0 radical (unpaired) electrons. The molecule has 0 fully saturated rings. The highest BCUT2D eigenvalue weighted by Crippen LogP contribution is 2.24. The molecule has 0 aliphatic rings. The Balaban J connectivity index is 1.49. The Morgan fingerprint density at radius 3 is 2.38 bits per heavy atom. The number of halogens is 1. The largest absolute Gasteiger partial charge is 0.384 e. The second-order valence-electron chi connectivity index (χ2n) is 6.61. The van der Waals surface area contributed by atoms with Gasteiger partial charge in [0, 0.05) is 17.3 Å². The Bertz CT molecular complexity index is 1140. The third kappa shape index (κ3) is 4.31. The number of amides is 1. The number of anilines is 2. The van der Waals surface area contributed by atoms with Gasteiger partial charge in [-0.3, -0.25) is 4.79 Å². The molecule has 0 aliphatic heterocycles. The molecule has 1 heterocycles. The lowest BCUT2D eigenvalue weighted by molar-refractivity contribution is 0.102. The van der Waals surface area contributed by atoms with Gasteiger partial charge in [-0.05, 0) is 29.8 Å². The molecule has 0 bridgehead atoms. The van der Waals surface area contributed by atoms with Gasteiger partial charge in [0.2, 0.25) is 0 Å². The van der Waals surface area contributed by atoms with Crippen LogP contribution in [-0.2, 0) is 6.54 Å². The van der Waals surface area contributed by atoms with Crippen molar-refractivity contribution in [2.75, 3.05) is 11.1 Å². The first kappa shape index (κ1) is 18.8. The van der Waals surface area contributed by atoms with Crippen molar-refractivity contribution in [3.8, 4) is 11.3 Å². The molecule has 0 atom stereocenters. The Kier molecular flexibility index (Phi) is 5.31. The average Bonchev–Trinajstić information content (AvgIpc) is 3.10. The number of carbonyl (C=O) groups is 1. The molecular formula is C23H19ClN4O. The van der Waals surface area contributed by atoms with Gasteiger partial charge in [0.05, 0.1) is 22.8 Å². The molecule has 29 heavy (non-hydrogen) atoms. The second-order valence-corrected chi connectivity index (χ2v) is 7.02. The van der Waals surface area contributed by atoms with E-state index in [2.05, 4.69) is 10.4 Å². The molecule has 1 aromatic heterocycles. The van der Waals surface area contributed by atoms with Crippen molar-refractivity contribution < 1.29 is 4.79 Å². The Labute approximate surface area is 173 Å². The highest BCUT2D eigenvalue weighted by molar-refractivity contribution is 6.34. The van der Waals surface area contributed by atoms with Crippen LogP contribution >= 0.6 is 11.6 Å². The van der Waals surface area contributed by atoms with Crippen LogP contribution in [0, 0.1) is 0 Å². The third-order valence-electron chi connectivity index (χ3n) is 4.54. The highest BCUT2D eigenvalue weighted by Gasteiger charge is 2.11. The van der Waals surface area contributed by atoms with Crippen LogP contribution in [0.5, 0.6) is 0 Å². The molecule has 5 nitrogen and oxygen atoms in total. The molecule has 0 saturated carbocycles. The van der Waals surface area contributed by atoms with Gasteiger partial charge < -0.3 is 11.1 Å². The lowest BCUT2D eigenvalue weighted by Gasteiger charge is -2.07. The maximum absolute atomic E-state index is 12.4. The molecule has 0 aliphatic carbocycles. The van der Waals surface area contributed by atoms with Crippen LogP contribution in [0.1, 0.15) is 15.9 Å². The molecule has 144 valence electrons. The molecule has 3 N–H and O–H groups in total. The number of hydrogen-bond donors (Lipinski definition) is 2. The summed E-state index contributed by atoms with van der Waals surface area (Å²) in [6, 6.07) is 26.3. The summed E-state index contributed by atoms with van der Waals surface area (Å²) in [5.41, 5.74) is 10.1. The van der Waals surface area contributed by atoms with E-state index >= 15 is 0 Å². The van der Waals surface area contributed by atoms with E-state index in [0.717, 1.165) is 16.8 Å². The molecule has 4 rings (SSSR count). The number of nitrogens with two attached hydrogens (primary N) is 1. The molecule has 1 amide bonds. The van der Waals surface area contributed by atoms with Gasteiger partial charge in [-0.25, -0.2) is 4.68 Å². The summed E-state index contributed by atoms with van der Waals surface area (Å²) in [5.74, 6) is 0.347. The van der Waals surface area contributed by atoms with Crippen molar-refractivity contribution in [2.45, 2.75) is 6.54 Å². The van der Waals surface area contributed by atoms with E-state index in [1.165, 1.54) is 0 Å². The van der Waals surface area contributed by atoms with Crippen molar-refractivity contribution in [1.29, 1.82) is 0 Å². The zero-order valence-electron chi connectivity index (χ0n) is 15.5. The second kappa shape index (κ2) is 8.20. The van der Waals surface area contributed by atoms with E-state index in [0.29, 0.717) is 28.6 Å². The first-order valence-corrected chi connectivity index (χ1v) is 9.51. The van der Waals surface area contributed by atoms with Gasteiger partial charge in [-0.1, -0.05) is 66.2 Å². The summed E-state index contributed by atoms with van der Waals surface area (Å²) in [6.07, 6.45) is 0. The maximum Gasteiger partial charge on any atom is 0.257 e. The first-order valence-electron chi connectivity index (χ1n) is 9.14. The number of rotatable bonds is 5. The standard InChI is InChI=1S/C23H19ClN4O/c24-20-9-5-4-8-19(20)23(29)26-18-12-10-17(11-13-18)21-14-22(25)28(27-21)15-16-6-2-1-3-7-16/h1-14H,15,25H2,(H,26,29). The number of carbonyl (C=O) groups excluding carboxylic acids is 1. The number of aromatic nitrogens is 2. The Hall–Kier alpha value is -3.57. The smallest absolute Gasteiger partial charge is 0.257 e. The minimum atomic E-state index is -0.250. The van der Waals surface area contributed by atoms with Crippen LogP contribution in [0.3, 0.4) is 0 Å². The Morgan fingerprint density at radius 1 is 0.966 bits per heavy atom. The van der Waals surface area contributed by atoms with Gasteiger partial charge in [-0.15, -0.1) is 0 Å². The molecule has 0 unspecified atom stereocenters. The summed E-state index contributed by atoms with van der Waals surface area (Å²) < 4.78 is 1.78. The molecule has 0 spiro atoms. The zero-order chi connectivity index (χ0) is 20.2. The van der Waals surface area contributed by atoms with Crippen LogP contribution in [0.4, 0.5) is 11.5 Å². The van der Waals surface area contributed by atoms with E-state index in [1.54, 1.807) is 28.9 Å². The summed E-state index contributed by atoms with van der Waals surface area (Å²) in [7, 11) is 0. The number of benzene rings is 3. The van der Waals surface area contributed by atoms with E-state index in [1.807, 2.05) is 60.7 Å². The molecule has 3 aromatic carbocycles. The molecule has 6 heteroatoms. The maximum atomic E-state index is 12.4. The van der Waals surface area contributed by atoms with Gasteiger partial charge >= 0.3 is 0 Å². The van der Waals surface area contributed by atoms with Crippen molar-refractivity contribution in [3.05, 3.63) is 101 Å². The fourth-order valence-electron chi connectivity index (χ4n) is 3.02. The summed E-state index contributed by atoms with van der Waals surface area (Å²) >= 11 is 6.08. The predicted molar refractivity (Wildman–Crippen MR) is 117 cm³/mol. The number of nitrogens with one attached hydrogen (secondary N) is 1. The van der Waals surface area contributed by atoms with Crippen molar-refractivity contribution in [2.24, 2.45) is 0 Å². The van der Waals surface area contributed by atoms with E-state index < -0.39 is 0 Å². The van der Waals surface area contributed by atoms with Crippen molar-refractivity contribution in [1.82, 2.24) is 9.78 Å². The van der Waals surface area contributed by atoms with E-state index in [9.17, 15) is 4.79 Å². The van der Waals surface area contributed by atoms with E-state index in [-0.39, 0.29) is 5.91 Å². The number of nitrogens with zero attached hydrogens (tertiary/aromatic N) is 2. The summed E-state index contributed by atoms with van der Waals surface area (Å²) in [5, 5.41) is 7.88. The molecule has 0 saturated heterocycles. The fraction of sp³-hybridized carbons (Fsp3) is 0.0435. The van der Waals surface area contributed by atoms with Crippen LogP contribution in [0.25, 0.3) is 11.3 Å². The topological polar surface area (TPSA) is 72.9 Å². The molecular weight excluding hydrogens is 384 g/mol. The van der Waals surface area contributed by atoms with Gasteiger partial charge in [0.25, 0.3) is 5.91 Å². The van der Waals surface area contributed by atoms with Crippen molar-refractivity contribution in [3.63, 3.8) is 0 Å². The lowest BCUT2D eigenvalue weighted by Crippen LogP contribution is -2.12.